The first-order valence-electron chi connectivity index (χ1n) is 6.61. The molecule has 0 aromatic carbocycles. The van der Waals surface area contributed by atoms with Crippen molar-refractivity contribution in [3.63, 3.8) is 0 Å². The minimum Gasteiger partial charge on any atom is -0.307 e. The first kappa shape index (κ1) is 13.1. The molecule has 0 radical (unpaired) electrons. The highest BCUT2D eigenvalue weighted by atomic mass is 35.5. The molecule has 2 aliphatic rings. The maximum atomic E-state index is 11.4. The molecule has 1 unspecified atom stereocenters. The van der Waals surface area contributed by atoms with E-state index in [-0.39, 0.29) is 0 Å². The summed E-state index contributed by atoms with van der Waals surface area (Å²) in [6.07, 6.45) is 5.74. The van der Waals surface area contributed by atoms with Crippen molar-refractivity contribution in [2.45, 2.75) is 44.2 Å². The minimum absolute atomic E-state index is 0.467. The number of rotatable bonds is 2. The Morgan fingerprint density at radius 1 is 1.33 bits per heavy atom. The van der Waals surface area contributed by atoms with Gasteiger partial charge in [-0.25, -0.2) is 0 Å². The van der Waals surface area contributed by atoms with Crippen LogP contribution in [-0.4, -0.2) is 21.8 Å². The van der Waals surface area contributed by atoms with Crippen LogP contribution >= 0.6 is 22.9 Å². The Bertz CT molecular complexity index is 450. The molecule has 0 bridgehead atoms. The van der Waals surface area contributed by atoms with Gasteiger partial charge in [-0.05, 0) is 43.7 Å². The monoisotopic (exact) mass is 303 g/mol. The highest BCUT2D eigenvalue weighted by molar-refractivity contribution is 7.85. The zero-order chi connectivity index (χ0) is 12.5. The average Bonchev–Trinajstić information content (AvgIpc) is 2.73. The SMILES string of the molecule is O=S1CCC(NC2CCCc3sc(Cl)cc32)CC1. The van der Waals surface area contributed by atoms with Crippen LogP contribution in [0, 0.1) is 0 Å². The van der Waals surface area contributed by atoms with E-state index in [0.717, 1.165) is 28.7 Å². The normalized spacial score (nSPS) is 32.2. The van der Waals surface area contributed by atoms with Gasteiger partial charge in [0.2, 0.25) is 0 Å². The number of halogens is 1. The Morgan fingerprint density at radius 2 is 2.11 bits per heavy atom. The van der Waals surface area contributed by atoms with Crippen LogP contribution in [0.15, 0.2) is 6.07 Å². The number of thiophene rings is 1. The van der Waals surface area contributed by atoms with E-state index in [9.17, 15) is 4.21 Å². The van der Waals surface area contributed by atoms with Crippen molar-refractivity contribution >= 4 is 33.7 Å². The fraction of sp³-hybridized carbons (Fsp3) is 0.692. The first-order valence-corrected chi connectivity index (χ1v) is 9.30. The van der Waals surface area contributed by atoms with E-state index in [0.29, 0.717) is 12.1 Å². The van der Waals surface area contributed by atoms with E-state index in [1.165, 1.54) is 29.7 Å². The van der Waals surface area contributed by atoms with Gasteiger partial charge in [-0.1, -0.05) is 11.6 Å². The fourth-order valence-corrected chi connectivity index (χ4v) is 5.62. The number of nitrogens with one attached hydrogen (secondary N) is 1. The molecule has 1 aromatic rings. The summed E-state index contributed by atoms with van der Waals surface area (Å²) in [5.74, 6) is 1.73. The van der Waals surface area contributed by atoms with Gasteiger partial charge in [0.05, 0.1) is 4.34 Å². The van der Waals surface area contributed by atoms with E-state index < -0.39 is 10.8 Å². The van der Waals surface area contributed by atoms with Gasteiger partial charge in [-0.3, -0.25) is 4.21 Å². The van der Waals surface area contributed by atoms with Crippen molar-refractivity contribution in [1.29, 1.82) is 0 Å². The molecule has 1 aromatic heterocycles. The van der Waals surface area contributed by atoms with Crippen molar-refractivity contribution < 1.29 is 4.21 Å². The van der Waals surface area contributed by atoms with Gasteiger partial charge in [0.15, 0.2) is 0 Å². The molecule has 3 rings (SSSR count). The Balaban J connectivity index is 1.68. The zero-order valence-corrected chi connectivity index (χ0v) is 12.7. The number of hydrogen-bond donors (Lipinski definition) is 1. The summed E-state index contributed by atoms with van der Waals surface area (Å²) in [7, 11) is -0.568. The number of fused-ring (bicyclic) bond motifs is 1. The number of hydrogen-bond acceptors (Lipinski definition) is 3. The summed E-state index contributed by atoms with van der Waals surface area (Å²) in [6.45, 7) is 0. The van der Waals surface area contributed by atoms with Gasteiger partial charge in [0.25, 0.3) is 0 Å². The molecule has 0 amide bonds. The highest BCUT2D eigenvalue weighted by Crippen LogP contribution is 2.38. The second-order valence-corrected chi connectivity index (χ2v) is 8.63. The average molecular weight is 304 g/mol. The van der Waals surface area contributed by atoms with E-state index in [1.54, 1.807) is 11.3 Å². The fourth-order valence-electron chi connectivity index (χ4n) is 2.94. The number of aryl methyl sites for hydroxylation is 1. The van der Waals surface area contributed by atoms with Crippen LogP contribution in [0.2, 0.25) is 4.34 Å². The highest BCUT2D eigenvalue weighted by Gasteiger charge is 2.26. The zero-order valence-electron chi connectivity index (χ0n) is 10.3. The Hall–Kier alpha value is 0.1000. The lowest BCUT2D eigenvalue weighted by atomic mass is 9.93. The molecular weight excluding hydrogens is 286 g/mol. The van der Waals surface area contributed by atoms with Gasteiger partial charge >= 0.3 is 0 Å². The lowest BCUT2D eigenvalue weighted by Gasteiger charge is -2.30. The van der Waals surface area contributed by atoms with Crippen molar-refractivity contribution in [2.75, 3.05) is 11.5 Å². The Labute approximate surface area is 120 Å². The Morgan fingerprint density at radius 3 is 2.89 bits per heavy atom. The van der Waals surface area contributed by atoms with Crippen LogP contribution in [0.5, 0.6) is 0 Å². The van der Waals surface area contributed by atoms with Crippen LogP contribution in [0.1, 0.15) is 42.2 Å². The van der Waals surface area contributed by atoms with Gasteiger partial charge < -0.3 is 5.32 Å². The third-order valence-electron chi connectivity index (χ3n) is 3.91. The predicted molar refractivity (Wildman–Crippen MR) is 79.0 cm³/mol. The van der Waals surface area contributed by atoms with E-state index in [2.05, 4.69) is 11.4 Å². The topological polar surface area (TPSA) is 29.1 Å². The van der Waals surface area contributed by atoms with E-state index in [4.69, 9.17) is 11.6 Å². The van der Waals surface area contributed by atoms with Crippen LogP contribution in [0.25, 0.3) is 0 Å². The molecule has 1 aliphatic heterocycles. The van der Waals surface area contributed by atoms with E-state index in [1.807, 2.05) is 0 Å². The molecule has 1 fully saturated rings. The molecule has 1 atom stereocenters. The molecule has 2 nitrogen and oxygen atoms in total. The molecular formula is C13H18ClNOS2. The van der Waals surface area contributed by atoms with Crippen LogP contribution in [0.4, 0.5) is 0 Å². The predicted octanol–water partition coefficient (Wildman–Crippen LogP) is 3.28. The quantitative estimate of drug-likeness (QED) is 0.908. The molecule has 0 spiro atoms. The maximum Gasteiger partial charge on any atom is 0.0934 e. The summed E-state index contributed by atoms with van der Waals surface area (Å²) in [6, 6.07) is 3.14. The Kier molecular flexibility index (Phi) is 4.09. The summed E-state index contributed by atoms with van der Waals surface area (Å²) < 4.78 is 12.3. The van der Waals surface area contributed by atoms with Crippen molar-refractivity contribution in [3.8, 4) is 0 Å². The summed E-state index contributed by atoms with van der Waals surface area (Å²) in [5, 5.41) is 3.76. The first-order chi connectivity index (χ1) is 8.72. The minimum atomic E-state index is -0.568. The molecule has 0 saturated carbocycles. The molecule has 1 aliphatic carbocycles. The van der Waals surface area contributed by atoms with Crippen molar-refractivity contribution in [2.24, 2.45) is 0 Å². The third-order valence-corrected chi connectivity index (χ3v) is 6.63. The second kappa shape index (κ2) is 5.61. The van der Waals surface area contributed by atoms with Gasteiger partial charge in [-0.2, -0.15) is 0 Å². The smallest absolute Gasteiger partial charge is 0.0934 e. The third kappa shape index (κ3) is 2.82. The van der Waals surface area contributed by atoms with Crippen molar-refractivity contribution in [3.05, 3.63) is 20.8 Å². The van der Waals surface area contributed by atoms with Crippen LogP contribution < -0.4 is 5.32 Å². The maximum absolute atomic E-state index is 11.4. The molecule has 2 heterocycles. The van der Waals surface area contributed by atoms with Crippen LogP contribution in [0.3, 0.4) is 0 Å². The summed E-state index contributed by atoms with van der Waals surface area (Å²) in [4.78, 5) is 1.46. The molecule has 18 heavy (non-hydrogen) atoms. The van der Waals surface area contributed by atoms with Crippen LogP contribution in [-0.2, 0) is 17.2 Å². The molecule has 100 valence electrons. The molecule has 5 heteroatoms. The second-order valence-electron chi connectivity index (χ2n) is 5.16. The van der Waals surface area contributed by atoms with Gasteiger partial charge in [0, 0.05) is 39.3 Å². The van der Waals surface area contributed by atoms with Gasteiger partial charge in [0.1, 0.15) is 0 Å². The summed E-state index contributed by atoms with van der Waals surface area (Å²) >= 11 is 7.86. The standard InChI is InChI=1S/C13H18ClNOS2/c14-13-8-10-11(2-1-3-12(10)17-13)15-9-4-6-18(16)7-5-9/h8-9,11,15H,1-7H2. The lowest BCUT2D eigenvalue weighted by Crippen LogP contribution is -2.38. The largest absolute Gasteiger partial charge is 0.307 e. The van der Waals surface area contributed by atoms with E-state index >= 15 is 0 Å². The van der Waals surface area contributed by atoms with Crippen molar-refractivity contribution in [1.82, 2.24) is 5.32 Å². The molecule has 1 N–H and O–H groups in total. The molecule has 1 saturated heterocycles. The summed E-state index contributed by atoms with van der Waals surface area (Å²) in [5.41, 5.74) is 1.42. The lowest BCUT2D eigenvalue weighted by molar-refractivity contribution is 0.378. The van der Waals surface area contributed by atoms with Gasteiger partial charge in [-0.15, -0.1) is 11.3 Å².